The van der Waals surface area contributed by atoms with Crippen LogP contribution in [-0.2, 0) is 10.1 Å². The second kappa shape index (κ2) is 10.7. The third-order valence-corrected chi connectivity index (χ3v) is 6.50. The fourth-order valence-corrected chi connectivity index (χ4v) is 4.62. The van der Waals surface area contributed by atoms with E-state index in [-0.39, 0.29) is 45.8 Å². The standard InChI is InChI=1S/C27H20N4O3S.Na.H/c28-27-24-12-5-4-11-23(24)26(35(32,33)34)15-25(27)31-30-22-14-21(16-29-17-22)20-10-6-9-19(13-20)18-7-2-1-3-8-18;;/h1-17H,28H2,(H,32,33,34);;. The van der Waals surface area contributed by atoms with Gasteiger partial charge in [0.1, 0.15) is 16.3 Å². The Hall–Kier alpha value is -3.40. The van der Waals surface area contributed by atoms with E-state index in [0.717, 1.165) is 22.3 Å². The summed E-state index contributed by atoms with van der Waals surface area (Å²) in [6.45, 7) is 0. The number of fused-ring (bicyclic) bond motifs is 1. The van der Waals surface area contributed by atoms with Crippen molar-refractivity contribution in [1.29, 1.82) is 0 Å². The van der Waals surface area contributed by atoms with Crippen LogP contribution in [0.5, 0.6) is 0 Å². The van der Waals surface area contributed by atoms with E-state index in [1.165, 1.54) is 6.07 Å². The zero-order valence-corrected chi connectivity index (χ0v) is 19.2. The topological polar surface area (TPSA) is 118 Å². The number of nitrogen functional groups attached to an aromatic ring is 1. The van der Waals surface area contributed by atoms with E-state index < -0.39 is 10.1 Å². The number of hydrogen-bond acceptors (Lipinski definition) is 6. The van der Waals surface area contributed by atoms with E-state index in [1.54, 1.807) is 36.7 Å². The Bertz CT molecular complexity index is 1690. The van der Waals surface area contributed by atoms with Crippen LogP contribution in [0.1, 0.15) is 0 Å². The first-order valence-electron chi connectivity index (χ1n) is 10.7. The van der Waals surface area contributed by atoms with Gasteiger partial charge in [-0.1, -0.05) is 72.8 Å². The Kier molecular flexibility index (Phi) is 7.63. The molecule has 5 aromatic rings. The van der Waals surface area contributed by atoms with Crippen LogP contribution >= 0.6 is 0 Å². The summed E-state index contributed by atoms with van der Waals surface area (Å²) < 4.78 is 33.6. The molecule has 0 saturated carbocycles. The van der Waals surface area contributed by atoms with Crippen LogP contribution in [0.4, 0.5) is 17.1 Å². The van der Waals surface area contributed by atoms with Gasteiger partial charge in [0.2, 0.25) is 0 Å². The molecule has 0 unspecified atom stereocenters. The first kappa shape index (κ1) is 25.7. The number of anilines is 1. The molecule has 7 nitrogen and oxygen atoms in total. The molecule has 1 aromatic heterocycles. The van der Waals surface area contributed by atoms with Crippen molar-refractivity contribution in [3.63, 3.8) is 0 Å². The molecule has 4 aromatic carbocycles. The van der Waals surface area contributed by atoms with Crippen molar-refractivity contribution in [3.05, 3.63) is 103 Å². The fourth-order valence-electron chi connectivity index (χ4n) is 3.91. The molecule has 0 aliphatic rings. The minimum atomic E-state index is -4.49. The van der Waals surface area contributed by atoms with Gasteiger partial charge in [0.05, 0.1) is 11.9 Å². The van der Waals surface area contributed by atoms with Crippen molar-refractivity contribution < 1.29 is 13.0 Å². The van der Waals surface area contributed by atoms with Gasteiger partial charge in [-0.3, -0.25) is 9.54 Å². The van der Waals surface area contributed by atoms with Gasteiger partial charge >= 0.3 is 29.6 Å². The van der Waals surface area contributed by atoms with Gasteiger partial charge in [0.25, 0.3) is 10.1 Å². The van der Waals surface area contributed by atoms with Crippen LogP contribution in [-0.4, -0.2) is 47.5 Å². The molecule has 3 N–H and O–H groups in total. The van der Waals surface area contributed by atoms with Crippen LogP contribution in [0, 0.1) is 0 Å². The second-order valence-corrected chi connectivity index (χ2v) is 9.30. The average molecular weight is 505 g/mol. The monoisotopic (exact) mass is 504 g/mol. The van der Waals surface area contributed by atoms with Gasteiger partial charge in [-0.25, -0.2) is 0 Å². The van der Waals surface area contributed by atoms with E-state index in [2.05, 4.69) is 33.4 Å². The average Bonchev–Trinajstić information content (AvgIpc) is 2.88. The molecular weight excluding hydrogens is 483 g/mol. The van der Waals surface area contributed by atoms with Gasteiger partial charge in [-0.15, -0.1) is 10.2 Å². The van der Waals surface area contributed by atoms with Gasteiger partial charge in [0, 0.05) is 22.5 Å². The first-order chi connectivity index (χ1) is 16.9. The molecule has 0 atom stereocenters. The predicted octanol–water partition coefficient (Wildman–Crippen LogP) is 6.16. The summed E-state index contributed by atoms with van der Waals surface area (Å²) in [6, 6.07) is 27.9. The summed E-state index contributed by atoms with van der Waals surface area (Å²) in [6.07, 6.45) is 3.29. The maximum atomic E-state index is 11.9. The Morgan fingerprint density at radius 2 is 1.33 bits per heavy atom. The second-order valence-electron chi connectivity index (χ2n) is 7.91. The number of benzene rings is 4. The molecule has 0 aliphatic heterocycles. The molecule has 0 bridgehead atoms. The molecule has 0 aliphatic carbocycles. The number of nitrogens with two attached hydrogens (primary N) is 1. The molecule has 0 saturated heterocycles. The quantitative estimate of drug-likeness (QED) is 0.129. The van der Waals surface area contributed by atoms with Crippen molar-refractivity contribution in [2.75, 3.05) is 5.73 Å². The number of hydrogen-bond donors (Lipinski definition) is 2. The minimum absolute atomic E-state index is 0. The van der Waals surface area contributed by atoms with E-state index in [1.807, 2.05) is 42.5 Å². The van der Waals surface area contributed by atoms with Crippen LogP contribution in [0.3, 0.4) is 0 Å². The van der Waals surface area contributed by atoms with E-state index in [4.69, 9.17) is 5.73 Å². The number of nitrogens with zero attached hydrogens (tertiary/aromatic N) is 3. The number of aromatic nitrogens is 1. The summed E-state index contributed by atoms with van der Waals surface area (Å²) in [4.78, 5) is 4.01. The number of azo groups is 1. The summed E-state index contributed by atoms with van der Waals surface area (Å²) >= 11 is 0. The molecule has 0 spiro atoms. The Morgan fingerprint density at radius 1 is 0.694 bits per heavy atom. The summed E-state index contributed by atoms with van der Waals surface area (Å²) in [5.41, 5.74) is 11.1. The molecule has 0 fully saturated rings. The molecule has 0 radical (unpaired) electrons. The Labute approximate surface area is 230 Å². The Morgan fingerprint density at radius 3 is 2.06 bits per heavy atom. The van der Waals surface area contributed by atoms with E-state index in [9.17, 15) is 13.0 Å². The predicted molar refractivity (Wildman–Crippen MR) is 145 cm³/mol. The van der Waals surface area contributed by atoms with E-state index >= 15 is 0 Å². The summed E-state index contributed by atoms with van der Waals surface area (Å²) in [5, 5.41) is 9.20. The van der Waals surface area contributed by atoms with Gasteiger partial charge in [0.15, 0.2) is 0 Å². The molecule has 9 heteroatoms. The third kappa shape index (κ3) is 5.38. The number of rotatable bonds is 5. The van der Waals surface area contributed by atoms with Crippen LogP contribution in [0.15, 0.2) is 119 Å². The van der Waals surface area contributed by atoms with Crippen molar-refractivity contribution >= 4 is 67.5 Å². The zero-order valence-electron chi connectivity index (χ0n) is 18.4. The Balaban J connectivity index is 0.00000304. The zero-order chi connectivity index (χ0) is 24.4. The van der Waals surface area contributed by atoms with Gasteiger partial charge in [-0.05, 0) is 34.9 Å². The van der Waals surface area contributed by atoms with E-state index in [0.29, 0.717) is 16.5 Å². The molecule has 5 rings (SSSR count). The molecule has 1 heterocycles. The summed E-state index contributed by atoms with van der Waals surface area (Å²) in [7, 11) is -4.49. The van der Waals surface area contributed by atoms with Crippen LogP contribution in [0.2, 0.25) is 0 Å². The molecular formula is C27H21N4NaO3S. The van der Waals surface area contributed by atoms with Gasteiger partial charge < -0.3 is 5.73 Å². The SMILES string of the molecule is Nc1c(N=Nc2cncc(-c3cccc(-c4ccccc4)c3)c2)cc(S(=O)(=O)O)c2ccccc12.[NaH]. The first-order valence-corrected chi connectivity index (χ1v) is 12.2. The van der Waals surface area contributed by atoms with Crippen molar-refractivity contribution in [2.45, 2.75) is 4.90 Å². The molecule has 36 heavy (non-hydrogen) atoms. The van der Waals surface area contributed by atoms with Gasteiger partial charge in [-0.2, -0.15) is 8.42 Å². The maximum absolute atomic E-state index is 11.9. The van der Waals surface area contributed by atoms with Crippen LogP contribution < -0.4 is 5.73 Å². The fraction of sp³-hybridized carbons (Fsp3) is 0. The normalized spacial score (nSPS) is 11.5. The molecule has 0 amide bonds. The van der Waals surface area contributed by atoms with Crippen molar-refractivity contribution in [1.82, 2.24) is 4.98 Å². The van der Waals surface area contributed by atoms with Crippen LogP contribution in [0.25, 0.3) is 33.0 Å². The third-order valence-electron chi connectivity index (χ3n) is 5.60. The molecule has 174 valence electrons. The number of pyridine rings is 1. The van der Waals surface area contributed by atoms with Crippen molar-refractivity contribution in [3.8, 4) is 22.3 Å². The van der Waals surface area contributed by atoms with Crippen molar-refractivity contribution in [2.24, 2.45) is 10.2 Å². The summed E-state index contributed by atoms with van der Waals surface area (Å²) in [5.74, 6) is 0.